The van der Waals surface area contributed by atoms with Crippen molar-refractivity contribution in [2.75, 3.05) is 24.7 Å². The van der Waals surface area contributed by atoms with E-state index >= 15 is 0 Å². The third-order valence-corrected chi connectivity index (χ3v) is 9.34. The molecule has 4 aliphatic rings. The van der Waals surface area contributed by atoms with Crippen LogP contribution in [0.4, 0.5) is 5.69 Å². The smallest absolute Gasteiger partial charge is 0.313 e. The number of nitrogens with zero attached hydrogens (tertiary/aromatic N) is 2. The van der Waals surface area contributed by atoms with Crippen molar-refractivity contribution >= 4 is 23.5 Å². The largest absolute Gasteiger partial charge is 0.465 e. The lowest BCUT2D eigenvalue weighted by molar-refractivity contribution is -0.160. The lowest BCUT2D eigenvalue weighted by atomic mass is 9.74. The SMILES string of the molecule is Cc1cccc(C)c1N1CC=C[C@]23O[C@@]4(C)/C=C\CCCCOC(=O)[C@H]4[C@H]2C(=O)N([C@H](CO)c2ccccc2)C3C1=O. The number of aryl methyl sites for hydroxylation is 2. The average Bonchev–Trinajstić information content (AvgIpc) is 3.30. The van der Waals surface area contributed by atoms with Crippen LogP contribution < -0.4 is 4.90 Å². The van der Waals surface area contributed by atoms with Gasteiger partial charge in [0.1, 0.15) is 17.6 Å². The number of aliphatic hydroxyl groups excluding tert-OH is 1. The molecule has 0 aliphatic carbocycles. The fourth-order valence-corrected chi connectivity index (χ4v) is 7.53. The lowest BCUT2D eigenvalue weighted by Crippen LogP contribution is -2.57. The quantitative estimate of drug-likeness (QED) is 0.438. The van der Waals surface area contributed by atoms with Crippen molar-refractivity contribution in [3.63, 3.8) is 0 Å². The van der Waals surface area contributed by atoms with Crippen molar-refractivity contribution in [2.24, 2.45) is 11.8 Å². The minimum atomic E-state index is -1.45. The number of carbonyl (C=O) groups excluding carboxylic acids is 3. The standard InChI is InChI=1S/C34H38N2O6/c1-22-13-11-14-23(2)28(22)35-19-12-18-34-26(27-32(40)41-20-10-5-4-9-17-33(27,3)42-34)30(38)36(29(34)31(35)39)25(21-37)24-15-7-6-8-16-24/h6-9,11-18,25-27,29,37H,4-5,10,19-21H2,1-3H3/b17-9-/t25-,26+,27-,29?,33+,34+/m1/s1. The van der Waals surface area contributed by atoms with E-state index in [0.717, 1.165) is 36.1 Å². The molecule has 4 aliphatic heterocycles. The third-order valence-electron chi connectivity index (χ3n) is 9.34. The van der Waals surface area contributed by atoms with Crippen LogP contribution in [0.3, 0.4) is 0 Å². The summed E-state index contributed by atoms with van der Waals surface area (Å²) in [4.78, 5) is 46.6. The summed E-state index contributed by atoms with van der Waals surface area (Å²) in [6.07, 6.45) is 9.96. The molecule has 8 heteroatoms. The maximum Gasteiger partial charge on any atom is 0.313 e. The highest BCUT2D eigenvalue weighted by Gasteiger charge is 2.75. The highest BCUT2D eigenvalue weighted by atomic mass is 16.6. The van der Waals surface area contributed by atoms with E-state index in [0.29, 0.717) is 5.56 Å². The molecule has 0 saturated carbocycles. The van der Waals surface area contributed by atoms with Gasteiger partial charge in [-0.1, -0.05) is 72.8 Å². The number of para-hydroxylation sites is 1. The third kappa shape index (κ3) is 4.31. The van der Waals surface area contributed by atoms with Crippen LogP contribution in [0.1, 0.15) is 48.9 Å². The molecule has 1 spiro atoms. The lowest BCUT2D eigenvalue weighted by Gasteiger charge is -2.40. The molecule has 2 aromatic carbocycles. The molecule has 6 atom stereocenters. The van der Waals surface area contributed by atoms with Gasteiger partial charge in [0.15, 0.2) is 0 Å². The zero-order chi connectivity index (χ0) is 29.6. The molecule has 8 nitrogen and oxygen atoms in total. The second-order valence-electron chi connectivity index (χ2n) is 12.0. The molecule has 1 unspecified atom stereocenters. The van der Waals surface area contributed by atoms with Gasteiger partial charge in [0.05, 0.1) is 30.8 Å². The van der Waals surface area contributed by atoms with Crippen LogP contribution in [-0.4, -0.2) is 64.8 Å². The summed E-state index contributed by atoms with van der Waals surface area (Å²) in [6.45, 7) is 5.87. The van der Waals surface area contributed by atoms with Crippen LogP contribution in [0.5, 0.6) is 0 Å². The molecule has 6 rings (SSSR count). The number of allylic oxidation sites excluding steroid dienone is 1. The molecule has 4 heterocycles. The summed E-state index contributed by atoms with van der Waals surface area (Å²) in [5.41, 5.74) is 0.725. The van der Waals surface area contributed by atoms with Gasteiger partial charge in [0, 0.05) is 12.2 Å². The van der Waals surface area contributed by atoms with Gasteiger partial charge in [0.2, 0.25) is 5.91 Å². The van der Waals surface area contributed by atoms with Gasteiger partial charge >= 0.3 is 5.97 Å². The number of benzene rings is 2. The van der Waals surface area contributed by atoms with Gasteiger partial charge in [0.25, 0.3) is 5.91 Å². The van der Waals surface area contributed by atoms with E-state index in [1.165, 1.54) is 4.90 Å². The number of fused-ring (bicyclic) bond motifs is 2. The van der Waals surface area contributed by atoms with E-state index in [1.807, 2.05) is 93.6 Å². The number of amides is 2. The topological polar surface area (TPSA) is 96.4 Å². The van der Waals surface area contributed by atoms with Gasteiger partial charge in [-0.15, -0.1) is 0 Å². The molecule has 2 amide bonds. The minimum Gasteiger partial charge on any atom is -0.465 e. The Morgan fingerprint density at radius 2 is 1.67 bits per heavy atom. The zero-order valence-corrected chi connectivity index (χ0v) is 24.4. The number of likely N-dealkylation sites (tertiary alicyclic amines) is 1. The fourth-order valence-electron chi connectivity index (χ4n) is 7.53. The zero-order valence-electron chi connectivity index (χ0n) is 24.4. The predicted molar refractivity (Wildman–Crippen MR) is 157 cm³/mol. The fraction of sp³-hybridized carbons (Fsp3) is 0.441. The Labute approximate surface area is 246 Å². The molecule has 2 saturated heterocycles. The number of hydrogen-bond donors (Lipinski definition) is 1. The van der Waals surface area contributed by atoms with Crippen molar-refractivity contribution in [2.45, 2.75) is 63.3 Å². The molecule has 2 fully saturated rings. The van der Waals surface area contributed by atoms with Gasteiger partial charge in [-0.25, -0.2) is 0 Å². The summed E-state index contributed by atoms with van der Waals surface area (Å²) in [5, 5.41) is 10.7. The van der Waals surface area contributed by atoms with E-state index in [9.17, 15) is 19.5 Å². The second-order valence-corrected chi connectivity index (χ2v) is 12.0. The van der Waals surface area contributed by atoms with E-state index in [-0.39, 0.29) is 19.1 Å². The van der Waals surface area contributed by atoms with Crippen molar-refractivity contribution in [3.8, 4) is 0 Å². The van der Waals surface area contributed by atoms with E-state index < -0.39 is 53.6 Å². The molecule has 2 aromatic rings. The van der Waals surface area contributed by atoms with Gasteiger partial charge in [-0.05, 0) is 56.7 Å². The summed E-state index contributed by atoms with van der Waals surface area (Å²) in [7, 11) is 0. The maximum absolute atomic E-state index is 14.9. The number of rotatable bonds is 4. The van der Waals surface area contributed by atoms with Crippen LogP contribution >= 0.6 is 0 Å². The average molecular weight is 571 g/mol. The number of cyclic esters (lactones) is 1. The first-order chi connectivity index (χ1) is 20.2. The molecular weight excluding hydrogens is 532 g/mol. The normalized spacial score (nSPS) is 32.5. The highest BCUT2D eigenvalue weighted by Crippen LogP contribution is 2.58. The molecule has 220 valence electrons. The number of hydrogen-bond acceptors (Lipinski definition) is 6. The van der Waals surface area contributed by atoms with Gasteiger partial charge in [-0.3, -0.25) is 14.4 Å². The summed E-state index contributed by atoms with van der Waals surface area (Å²) in [5.74, 6) is -3.20. The van der Waals surface area contributed by atoms with Crippen LogP contribution in [-0.2, 0) is 23.9 Å². The Morgan fingerprint density at radius 1 is 0.929 bits per heavy atom. The maximum atomic E-state index is 14.9. The Hall–Kier alpha value is -3.75. The van der Waals surface area contributed by atoms with Crippen molar-refractivity contribution in [1.29, 1.82) is 0 Å². The van der Waals surface area contributed by atoms with Crippen LogP contribution in [0.2, 0.25) is 0 Å². The Bertz CT molecular complexity index is 1430. The predicted octanol–water partition coefficient (Wildman–Crippen LogP) is 4.19. The Kier molecular flexibility index (Phi) is 7.31. The first-order valence-electron chi connectivity index (χ1n) is 14.8. The van der Waals surface area contributed by atoms with Crippen molar-refractivity contribution in [3.05, 3.63) is 89.5 Å². The molecule has 42 heavy (non-hydrogen) atoms. The number of anilines is 1. The van der Waals surface area contributed by atoms with Gasteiger partial charge < -0.3 is 24.4 Å². The summed E-state index contributed by atoms with van der Waals surface area (Å²) < 4.78 is 12.7. The monoisotopic (exact) mass is 570 g/mol. The van der Waals surface area contributed by atoms with Crippen LogP contribution in [0, 0.1) is 25.7 Å². The molecular formula is C34H38N2O6. The molecule has 0 radical (unpaired) electrons. The number of ether oxygens (including phenoxy) is 2. The van der Waals surface area contributed by atoms with E-state index in [4.69, 9.17) is 9.47 Å². The number of carbonyl (C=O) groups is 3. The van der Waals surface area contributed by atoms with E-state index in [1.54, 1.807) is 4.90 Å². The molecule has 0 aromatic heterocycles. The molecule has 1 N–H and O–H groups in total. The number of esters is 1. The van der Waals surface area contributed by atoms with Crippen molar-refractivity contribution < 1.29 is 29.0 Å². The first kappa shape index (κ1) is 28.4. The second kappa shape index (κ2) is 10.8. The summed E-state index contributed by atoms with van der Waals surface area (Å²) >= 11 is 0. The van der Waals surface area contributed by atoms with E-state index in [2.05, 4.69) is 0 Å². The first-order valence-corrected chi connectivity index (χ1v) is 14.8. The minimum absolute atomic E-state index is 0.263. The van der Waals surface area contributed by atoms with Gasteiger partial charge in [-0.2, -0.15) is 0 Å². The van der Waals surface area contributed by atoms with Crippen molar-refractivity contribution in [1.82, 2.24) is 4.90 Å². The Morgan fingerprint density at radius 3 is 2.38 bits per heavy atom. The molecule has 0 bridgehead atoms. The van der Waals surface area contributed by atoms with Crippen LogP contribution in [0.25, 0.3) is 0 Å². The highest BCUT2D eigenvalue weighted by molar-refractivity contribution is 6.06. The number of aliphatic hydroxyl groups is 1. The van der Waals surface area contributed by atoms with Crippen LogP contribution in [0.15, 0.2) is 72.8 Å². The Balaban J connectivity index is 1.56. The summed E-state index contributed by atoms with van der Waals surface area (Å²) in [6, 6.07) is 13.1.